The first kappa shape index (κ1) is 14.0. The number of carboxylic acids is 1. The molecule has 0 bridgehead atoms. The predicted octanol–water partition coefficient (Wildman–Crippen LogP) is 3.73. The third kappa shape index (κ3) is 3.73. The van der Waals surface area contributed by atoms with E-state index in [1.807, 2.05) is 0 Å². The maximum Gasteiger partial charge on any atom is 0.416 e. The van der Waals surface area contributed by atoms with E-state index < -0.39 is 23.6 Å². The smallest absolute Gasteiger partial charge is 0.416 e. The predicted molar refractivity (Wildman–Crippen MR) is 59.6 cm³/mol. The van der Waals surface area contributed by atoms with Gasteiger partial charge >= 0.3 is 12.1 Å². The van der Waals surface area contributed by atoms with Gasteiger partial charge in [0.1, 0.15) is 0 Å². The molecule has 0 saturated heterocycles. The summed E-state index contributed by atoms with van der Waals surface area (Å²) in [4.78, 5) is 10.6. The van der Waals surface area contributed by atoms with Crippen LogP contribution in [0.1, 0.15) is 18.1 Å². The van der Waals surface area contributed by atoms with Crippen LogP contribution in [-0.2, 0) is 17.4 Å². The number of hydrogen-bond donors (Lipinski definition) is 1. The maximum atomic E-state index is 12.7. The second-order valence-electron chi connectivity index (χ2n) is 3.74. The van der Waals surface area contributed by atoms with Crippen LogP contribution >= 0.6 is 15.9 Å². The van der Waals surface area contributed by atoms with E-state index in [0.29, 0.717) is 4.47 Å². The fourth-order valence-electron chi connectivity index (χ4n) is 1.41. The van der Waals surface area contributed by atoms with Gasteiger partial charge in [0, 0.05) is 4.47 Å². The van der Waals surface area contributed by atoms with Crippen molar-refractivity contribution in [3.05, 3.63) is 33.8 Å². The fourth-order valence-corrected chi connectivity index (χ4v) is 1.77. The highest BCUT2D eigenvalue weighted by Gasteiger charge is 2.34. The molecule has 2 nitrogen and oxygen atoms in total. The van der Waals surface area contributed by atoms with E-state index in [4.69, 9.17) is 5.11 Å². The molecule has 0 aliphatic heterocycles. The van der Waals surface area contributed by atoms with Crippen molar-refractivity contribution >= 4 is 21.9 Å². The Balaban J connectivity index is 3.11. The molecule has 0 saturated carbocycles. The monoisotopic (exact) mass is 310 g/mol. The largest absolute Gasteiger partial charge is 0.481 e. The van der Waals surface area contributed by atoms with Crippen molar-refractivity contribution in [1.29, 1.82) is 0 Å². The van der Waals surface area contributed by atoms with Crippen LogP contribution < -0.4 is 0 Å². The lowest BCUT2D eigenvalue weighted by Crippen LogP contribution is -2.16. The molecule has 1 aromatic rings. The third-order valence-electron chi connectivity index (χ3n) is 2.32. The SMILES string of the molecule is CC(Cc1ccc(Br)cc1C(F)(F)F)C(=O)O. The van der Waals surface area contributed by atoms with Gasteiger partial charge in [0.2, 0.25) is 0 Å². The highest BCUT2D eigenvalue weighted by atomic mass is 79.9. The van der Waals surface area contributed by atoms with Crippen LogP contribution in [-0.4, -0.2) is 11.1 Å². The summed E-state index contributed by atoms with van der Waals surface area (Å²) >= 11 is 2.97. The number of carboxylic acid groups (broad SMARTS) is 1. The topological polar surface area (TPSA) is 37.3 Å². The molecule has 6 heteroatoms. The molecule has 0 aliphatic rings. The minimum Gasteiger partial charge on any atom is -0.481 e. The molecule has 1 unspecified atom stereocenters. The van der Waals surface area contributed by atoms with Gasteiger partial charge in [-0.25, -0.2) is 0 Å². The van der Waals surface area contributed by atoms with Gasteiger partial charge < -0.3 is 5.11 Å². The van der Waals surface area contributed by atoms with Crippen LogP contribution in [0.25, 0.3) is 0 Å². The Bertz CT molecular complexity index is 429. The van der Waals surface area contributed by atoms with Crippen LogP contribution in [0.5, 0.6) is 0 Å². The van der Waals surface area contributed by atoms with Gasteiger partial charge in [-0.2, -0.15) is 13.2 Å². The van der Waals surface area contributed by atoms with Gasteiger partial charge in [0.15, 0.2) is 0 Å². The van der Waals surface area contributed by atoms with Crippen LogP contribution in [0.15, 0.2) is 22.7 Å². The Morgan fingerprint density at radius 3 is 2.53 bits per heavy atom. The van der Waals surface area contributed by atoms with Crippen LogP contribution in [0.4, 0.5) is 13.2 Å². The Hall–Kier alpha value is -1.04. The van der Waals surface area contributed by atoms with E-state index in [0.717, 1.165) is 6.07 Å². The summed E-state index contributed by atoms with van der Waals surface area (Å²) in [5, 5.41) is 8.70. The number of aliphatic carboxylic acids is 1. The normalized spacial score (nSPS) is 13.5. The van der Waals surface area contributed by atoms with Crippen molar-refractivity contribution in [2.75, 3.05) is 0 Å². The van der Waals surface area contributed by atoms with E-state index in [1.165, 1.54) is 19.1 Å². The minimum absolute atomic E-state index is 0.00407. The van der Waals surface area contributed by atoms with Crippen molar-refractivity contribution in [2.24, 2.45) is 5.92 Å². The second kappa shape index (κ2) is 5.08. The first-order valence-electron chi connectivity index (χ1n) is 4.80. The lowest BCUT2D eigenvalue weighted by molar-refractivity contribution is -0.142. The Morgan fingerprint density at radius 2 is 2.06 bits per heavy atom. The molecule has 94 valence electrons. The molecular weight excluding hydrogens is 301 g/mol. The summed E-state index contributed by atoms with van der Waals surface area (Å²) in [5.41, 5.74) is -0.796. The zero-order valence-electron chi connectivity index (χ0n) is 8.88. The van der Waals surface area contributed by atoms with E-state index in [1.54, 1.807) is 0 Å². The molecular formula is C11H10BrF3O2. The zero-order valence-corrected chi connectivity index (χ0v) is 10.5. The molecule has 17 heavy (non-hydrogen) atoms. The Morgan fingerprint density at radius 1 is 1.47 bits per heavy atom. The Labute approximate surface area is 105 Å². The van der Waals surface area contributed by atoms with Crippen molar-refractivity contribution in [1.82, 2.24) is 0 Å². The number of carbonyl (C=O) groups is 1. The van der Waals surface area contributed by atoms with Gasteiger partial charge in [0.05, 0.1) is 11.5 Å². The number of benzene rings is 1. The van der Waals surface area contributed by atoms with Crippen LogP contribution in [0.2, 0.25) is 0 Å². The fraction of sp³-hybridized carbons (Fsp3) is 0.364. The first-order valence-corrected chi connectivity index (χ1v) is 5.59. The highest BCUT2D eigenvalue weighted by molar-refractivity contribution is 9.10. The van der Waals surface area contributed by atoms with Crippen molar-refractivity contribution in [2.45, 2.75) is 19.5 Å². The van der Waals surface area contributed by atoms with Gasteiger partial charge in [0.25, 0.3) is 0 Å². The summed E-state index contributed by atoms with van der Waals surface area (Å²) in [7, 11) is 0. The van der Waals surface area contributed by atoms with Crippen LogP contribution in [0, 0.1) is 5.92 Å². The molecule has 1 atom stereocenters. The Kier molecular flexibility index (Phi) is 4.19. The number of rotatable bonds is 3. The molecule has 0 fully saturated rings. The molecule has 0 aliphatic carbocycles. The number of halogens is 4. The summed E-state index contributed by atoms with van der Waals surface area (Å²) in [5.74, 6) is -1.96. The highest BCUT2D eigenvalue weighted by Crippen LogP contribution is 2.34. The summed E-state index contributed by atoms with van der Waals surface area (Å²) in [6.07, 6.45) is -4.62. The average Bonchev–Trinajstić information content (AvgIpc) is 2.18. The van der Waals surface area contributed by atoms with Gasteiger partial charge in [-0.15, -0.1) is 0 Å². The minimum atomic E-state index is -4.47. The van der Waals surface area contributed by atoms with Gasteiger partial charge in [-0.1, -0.05) is 28.9 Å². The summed E-state index contributed by atoms with van der Waals surface area (Å²) in [6.45, 7) is 1.38. The standard InChI is InChI=1S/C11H10BrF3O2/c1-6(10(16)17)4-7-2-3-8(12)5-9(7)11(13,14)15/h2-3,5-6H,4H2,1H3,(H,16,17). The first-order chi connectivity index (χ1) is 7.71. The summed E-state index contributed by atoms with van der Waals surface area (Å²) in [6, 6.07) is 3.73. The number of hydrogen-bond acceptors (Lipinski definition) is 1. The lowest BCUT2D eigenvalue weighted by Gasteiger charge is -2.14. The van der Waals surface area contributed by atoms with Crippen LogP contribution in [0.3, 0.4) is 0 Å². The van der Waals surface area contributed by atoms with Crippen molar-refractivity contribution in [3.63, 3.8) is 0 Å². The van der Waals surface area contributed by atoms with Gasteiger partial charge in [-0.3, -0.25) is 4.79 Å². The molecule has 0 amide bonds. The quantitative estimate of drug-likeness (QED) is 0.923. The molecule has 0 heterocycles. The second-order valence-corrected chi connectivity index (χ2v) is 4.66. The van der Waals surface area contributed by atoms with Crippen molar-refractivity contribution in [3.8, 4) is 0 Å². The van der Waals surface area contributed by atoms with E-state index in [2.05, 4.69) is 15.9 Å². The van der Waals surface area contributed by atoms with E-state index >= 15 is 0 Å². The maximum absolute atomic E-state index is 12.7. The zero-order chi connectivity index (χ0) is 13.2. The summed E-state index contributed by atoms with van der Waals surface area (Å²) < 4.78 is 38.5. The number of alkyl halides is 3. The van der Waals surface area contributed by atoms with E-state index in [-0.39, 0.29) is 12.0 Å². The molecule has 0 aromatic heterocycles. The van der Waals surface area contributed by atoms with Crippen molar-refractivity contribution < 1.29 is 23.1 Å². The molecule has 1 rings (SSSR count). The lowest BCUT2D eigenvalue weighted by atomic mass is 9.96. The average molecular weight is 311 g/mol. The molecule has 1 N–H and O–H groups in total. The third-order valence-corrected chi connectivity index (χ3v) is 2.82. The molecule has 0 spiro atoms. The molecule has 1 aromatic carbocycles. The molecule has 0 radical (unpaired) electrons. The van der Waals surface area contributed by atoms with E-state index in [9.17, 15) is 18.0 Å². The van der Waals surface area contributed by atoms with Gasteiger partial charge in [-0.05, 0) is 24.1 Å².